The van der Waals surface area contributed by atoms with Gasteiger partial charge in [-0.05, 0) is 39.2 Å². The molecule has 1 fully saturated rings. The number of carboxylic acids is 1. The molecule has 1 aliphatic heterocycles. The lowest BCUT2D eigenvalue weighted by atomic mass is 10.1. The Morgan fingerprint density at radius 2 is 1.93 bits per heavy atom. The maximum Gasteiger partial charge on any atom is 0.328 e. The second-order valence-electron chi connectivity index (χ2n) is 7.00. The fourth-order valence-corrected chi connectivity index (χ4v) is 2.86. The molecule has 1 aliphatic rings. The number of rotatable bonds is 12. The SMILES string of the molecule is CC(O)C(NC(=O)C(CCCN=C(N)N)NC(=O)CNC(=O)C1CCCN1)C(=O)O. The minimum Gasteiger partial charge on any atom is -0.480 e. The predicted octanol–water partition coefficient (Wildman–Crippen LogP) is -3.66. The largest absolute Gasteiger partial charge is 0.480 e. The Morgan fingerprint density at radius 3 is 2.47 bits per heavy atom. The number of nitrogens with zero attached hydrogens (tertiary/aromatic N) is 1. The van der Waals surface area contributed by atoms with E-state index in [2.05, 4.69) is 26.3 Å². The summed E-state index contributed by atoms with van der Waals surface area (Å²) in [5.41, 5.74) is 10.5. The second kappa shape index (κ2) is 12.6. The number of aliphatic hydroxyl groups is 1. The Hall–Kier alpha value is -2.93. The molecular formula is C17H31N7O6. The van der Waals surface area contributed by atoms with Gasteiger partial charge in [0, 0.05) is 6.54 Å². The molecule has 0 spiro atoms. The number of aliphatic carboxylic acids is 1. The molecule has 0 bridgehead atoms. The minimum atomic E-state index is -1.54. The van der Waals surface area contributed by atoms with Crippen molar-refractivity contribution in [3.63, 3.8) is 0 Å². The highest BCUT2D eigenvalue weighted by Gasteiger charge is 2.29. The lowest BCUT2D eigenvalue weighted by molar-refractivity contribution is -0.145. The number of hydrogen-bond donors (Lipinski definition) is 8. The number of aliphatic hydroxyl groups excluding tert-OH is 1. The molecule has 0 aliphatic carbocycles. The Balaban J connectivity index is 2.67. The lowest BCUT2D eigenvalue weighted by Crippen LogP contribution is -2.56. The first kappa shape index (κ1) is 25.1. The van der Waals surface area contributed by atoms with Crippen molar-refractivity contribution in [3.8, 4) is 0 Å². The van der Waals surface area contributed by atoms with E-state index in [1.807, 2.05) is 0 Å². The summed E-state index contributed by atoms with van der Waals surface area (Å²) in [7, 11) is 0. The van der Waals surface area contributed by atoms with Crippen LogP contribution in [0.3, 0.4) is 0 Å². The van der Waals surface area contributed by atoms with E-state index in [0.717, 1.165) is 13.0 Å². The molecule has 0 saturated carbocycles. The molecule has 3 amide bonds. The normalized spacial score (nSPS) is 18.5. The van der Waals surface area contributed by atoms with Gasteiger partial charge in [0.1, 0.15) is 6.04 Å². The number of nitrogens with one attached hydrogen (secondary N) is 4. The van der Waals surface area contributed by atoms with Crippen LogP contribution in [0, 0.1) is 0 Å². The van der Waals surface area contributed by atoms with Crippen molar-refractivity contribution in [3.05, 3.63) is 0 Å². The number of carbonyl (C=O) groups is 4. The fraction of sp³-hybridized carbons (Fsp3) is 0.706. The molecule has 4 unspecified atom stereocenters. The van der Waals surface area contributed by atoms with Gasteiger partial charge in [-0.1, -0.05) is 0 Å². The van der Waals surface area contributed by atoms with Gasteiger partial charge in [-0.2, -0.15) is 0 Å². The van der Waals surface area contributed by atoms with Crippen LogP contribution in [0.4, 0.5) is 0 Å². The highest BCUT2D eigenvalue weighted by Crippen LogP contribution is 2.04. The average Bonchev–Trinajstić information content (AvgIpc) is 3.20. The number of aliphatic imine (C=N–C) groups is 1. The van der Waals surface area contributed by atoms with Crippen LogP contribution in [0.5, 0.6) is 0 Å². The molecule has 10 N–H and O–H groups in total. The number of amides is 3. The summed E-state index contributed by atoms with van der Waals surface area (Å²) in [5.74, 6) is -3.25. The predicted molar refractivity (Wildman–Crippen MR) is 107 cm³/mol. The minimum absolute atomic E-state index is 0.110. The van der Waals surface area contributed by atoms with Gasteiger partial charge in [0.2, 0.25) is 17.7 Å². The molecule has 0 aromatic carbocycles. The molecule has 4 atom stereocenters. The molecule has 1 heterocycles. The van der Waals surface area contributed by atoms with E-state index in [9.17, 15) is 24.3 Å². The van der Waals surface area contributed by atoms with Gasteiger partial charge >= 0.3 is 5.97 Å². The van der Waals surface area contributed by atoms with Crippen molar-refractivity contribution in [2.45, 2.75) is 56.8 Å². The first-order valence-electron chi connectivity index (χ1n) is 9.69. The molecule has 1 rings (SSSR count). The number of carbonyl (C=O) groups excluding carboxylic acids is 3. The molecule has 13 heteroatoms. The molecule has 0 aromatic rings. The fourth-order valence-electron chi connectivity index (χ4n) is 2.86. The summed E-state index contributed by atoms with van der Waals surface area (Å²) in [6.07, 6.45) is 0.637. The van der Waals surface area contributed by atoms with Crippen molar-refractivity contribution >= 4 is 29.7 Å². The smallest absolute Gasteiger partial charge is 0.328 e. The summed E-state index contributed by atoms with van der Waals surface area (Å²) in [5, 5.41) is 28.8. The number of carboxylic acid groups (broad SMARTS) is 1. The first-order chi connectivity index (χ1) is 14.1. The Kier molecular flexibility index (Phi) is 10.5. The van der Waals surface area contributed by atoms with Crippen LogP contribution in [-0.2, 0) is 19.2 Å². The van der Waals surface area contributed by atoms with Crippen molar-refractivity contribution in [1.82, 2.24) is 21.3 Å². The van der Waals surface area contributed by atoms with E-state index >= 15 is 0 Å². The van der Waals surface area contributed by atoms with Crippen LogP contribution in [0.2, 0.25) is 0 Å². The maximum atomic E-state index is 12.5. The number of hydrogen-bond acceptors (Lipinski definition) is 7. The standard InChI is InChI=1S/C17H31N7O6/c1-9(25)13(16(29)30)24-15(28)11(5-3-7-21-17(18)19)23-12(26)8-22-14(27)10-4-2-6-20-10/h9-11,13,20,25H,2-8H2,1H3,(H,22,27)(H,23,26)(H,24,28)(H,29,30)(H4,18,19,21). The lowest BCUT2D eigenvalue weighted by Gasteiger charge is -2.23. The third kappa shape index (κ3) is 9.05. The zero-order valence-corrected chi connectivity index (χ0v) is 16.9. The summed E-state index contributed by atoms with van der Waals surface area (Å²) in [4.78, 5) is 51.7. The van der Waals surface area contributed by atoms with E-state index in [1.54, 1.807) is 0 Å². The topological polar surface area (TPSA) is 221 Å². The van der Waals surface area contributed by atoms with Gasteiger partial charge in [0.25, 0.3) is 0 Å². The van der Waals surface area contributed by atoms with Gasteiger partial charge < -0.3 is 42.9 Å². The molecule has 170 valence electrons. The molecule has 0 radical (unpaired) electrons. The maximum absolute atomic E-state index is 12.5. The van der Waals surface area contributed by atoms with Crippen molar-refractivity contribution < 1.29 is 29.4 Å². The van der Waals surface area contributed by atoms with E-state index in [1.165, 1.54) is 6.92 Å². The Bertz CT molecular complexity index is 645. The van der Waals surface area contributed by atoms with Crippen molar-refractivity contribution in [2.75, 3.05) is 19.6 Å². The van der Waals surface area contributed by atoms with Gasteiger partial charge in [0.15, 0.2) is 12.0 Å². The zero-order chi connectivity index (χ0) is 22.7. The van der Waals surface area contributed by atoms with Crippen LogP contribution in [0.15, 0.2) is 4.99 Å². The zero-order valence-electron chi connectivity index (χ0n) is 16.9. The number of guanidine groups is 1. The van der Waals surface area contributed by atoms with E-state index in [4.69, 9.17) is 16.6 Å². The summed E-state index contributed by atoms with van der Waals surface area (Å²) >= 11 is 0. The highest BCUT2D eigenvalue weighted by atomic mass is 16.4. The third-order valence-electron chi connectivity index (χ3n) is 4.44. The molecule has 1 saturated heterocycles. The van der Waals surface area contributed by atoms with E-state index < -0.39 is 36.0 Å². The van der Waals surface area contributed by atoms with Gasteiger partial charge in [-0.15, -0.1) is 0 Å². The Labute approximate surface area is 174 Å². The average molecular weight is 429 g/mol. The highest BCUT2D eigenvalue weighted by molar-refractivity contribution is 5.92. The molecule has 30 heavy (non-hydrogen) atoms. The van der Waals surface area contributed by atoms with Crippen LogP contribution in [-0.4, -0.2) is 83.7 Å². The van der Waals surface area contributed by atoms with Crippen molar-refractivity contribution in [1.29, 1.82) is 0 Å². The summed E-state index contributed by atoms with van der Waals surface area (Å²) in [6, 6.07) is -2.99. The van der Waals surface area contributed by atoms with Gasteiger partial charge in [-0.25, -0.2) is 4.79 Å². The van der Waals surface area contributed by atoms with E-state index in [-0.39, 0.29) is 37.4 Å². The van der Waals surface area contributed by atoms with Gasteiger partial charge in [0.05, 0.1) is 18.7 Å². The number of nitrogens with two attached hydrogens (primary N) is 2. The van der Waals surface area contributed by atoms with Crippen LogP contribution < -0.4 is 32.7 Å². The summed E-state index contributed by atoms with van der Waals surface area (Å²) < 4.78 is 0. The second-order valence-corrected chi connectivity index (χ2v) is 7.00. The van der Waals surface area contributed by atoms with Crippen LogP contribution in [0.1, 0.15) is 32.6 Å². The third-order valence-corrected chi connectivity index (χ3v) is 4.44. The van der Waals surface area contributed by atoms with Crippen LogP contribution in [0.25, 0.3) is 0 Å². The van der Waals surface area contributed by atoms with Gasteiger partial charge in [-0.3, -0.25) is 19.4 Å². The molecule has 13 nitrogen and oxygen atoms in total. The quantitative estimate of drug-likeness (QED) is 0.0868. The van der Waals surface area contributed by atoms with E-state index in [0.29, 0.717) is 12.8 Å². The van der Waals surface area contributed by atoms with Crippen LogP contribution >= 0.6 is 0 Å². The summed E-state index contributed by atoms with van der Waals surface area (Å²) in [6.45, 7) is 1.81. The monoisotopic (exact) mass is 429 g/mol. The first-order valence-corrected chi connectivity index (χ1v) is 9.69. The molecular weight excluding hydrogens is 398 g/mol. The Morgan fingerprint density at radius 1 is 1.23 bits per heavy atom. The van der Waals surface area contributed by atoms with Crippen molar-refractivity contribution in [2.24, 2.45) is 16.5 Å². The molecule has 0 aromatic heterocycles.